The highest BCUT2D eigenvalue weighted by molar-refractivity contribution is 5.80. The maximum Gasteiger partial charge on any atom is 0.227 e. The lowest BCUT2D eigenvalue weighted by Gasteiger charge is -2.16. The predicted molar refractivity (Wildman–Crippen MR) is 53.0 cm³/mol. The van der Waals surface area contributed by atoms with Gasteiger partial charge in [-0.1, -0.05) is 5.21 Å². The van der Waals surface area contributed by atoms with Gasteiger partial charge in [0.15, 0.2) is 5.82 Å². The first-order chi connectivity index (χ1) is 7.68. The standard InChI is InChI=1S/C8H14N6O2/c1-4(7-11-13-14-12-7)10-8(15)5-2-16-3-6(5)9/h4-6H,2-3,9H2,1H3,(H,10,15)(H,11,12,13,14). The van der Waals surface area contributed by atoms with Crippen LogP contribution < -0.4 is 11.1 Å². The van der Waals surface area contributed by atoms with Gasteiger partial charge in [-0.25, -0.2) is 0 Å². The van der Waals surface area contributed by atoms with Crippen LogP contribution in [0.5, 0.6) is 0 Å². The van der Waals surface area contributed by atoms with Crippen molar-refractivity contribution in [1.82, 2.24) is 25.9 Å². The highest BCUT2D eigenvalue weighted by atomic mass is 16.5. The SMILES string of the molecule is CC(NC(=O)C1COCC1N)c1nn[nH]n1. The third kappa shape index (κ3) is 2.17. The molecule has 1 aliphatic rings. The highest BCUT2D eigenvalue weighted by Gasteiger charge is 2.32. The van der Waals surface area contributed by atoms with Crippen LogP contribution in [0.25, 0.3) is 0 Å². The molecule has 16 heavy (non-hydrogen) atoms. The molecule has 1 aromatic rings. The molecule has 0 bridgehead atoms. The number of hydrogen-bond acceptors (Lipinski definition) is 6. The molecular weight excluding hydrogens is 212 g/mol. The van der Waals surface area contributed by atoms with Gasteiger partial charge in [0.2, 0.25) is 5.91 Å². The Hall–Kier alpha value is -1.54. The van der Waals surface area contributed by atoms with E-state index in [1.165, 1.54) is 0 Å². The van der Waals surface area contributed by atoms with Crippen molar-refractivity contribution in [2.45, 2.75) is 19.0 Å². The van der Waals surface area contributed by atoms with E-state index in [2.05, 4.69) is 25.9 Å². The molecule has 88 valence electrons. The van der Waals surface area contributed by atoms with Gasteiger partial charge in [-0.15, -0.1) is 10.2 Å². The van der Waals surface area contributed by atoms with Crippen molar-refractivity contribution in [2.75, 3.05) is 13.2 Å². The summed E-state index contributed by atoms with van der Waals surface area (Å²) in [5.74, 6) is 0.0116. The molecule has 2 rings (SSSR count). The first-order valence-electron chi connectivity index (χ1n) is 5.05. The van der Waals surface area contributed by atoms with E-state index in [0.717, 1.165) is 0 Å². The molecular formula is C8H14N6O2. The van der Waals surface area contributed by atoms with E-state index in [0.29, 0.717) is 19.0 Å². The number of carbonyl (C=O) groups is 1. The van der Waals surface area contributed by atoms with Crippen molar-refractivity contribution < 1.29 is 9.53 Å². The molecule has 8 heteroatoms. The summed E-state index contributed by atoms with van der Waals surface area (Å²) < 4.78 is 5.13. The summed E-state index contributed by atoms with van der Waals surface area (Å²) >= 11 is 0. The van der Waals surface area contributed by atoms with Gasteiger partial charge in [0.25, 0.3) is 0 Å². The Morgan fingerprint density at radius 3 is 3.06 bits per heavy atom. The summed E-state index contributed by atoms with van der Waals surface area (Å²) in [6, 6.07) is -0.531. The maximum absolute atomic E-state index is 11.8. The lowest BCUT2D eigenvalue weighted by Crippen LogP contribution is -2.42. The van der Waals surface area contributed by atoms with Crippen molar-refractivity contribution >= 4 is 5.91 Å². The van der Waals surface area contributed by atoms with E-state index in [1.54, 1.807) is 6.92 Å². The largest absolute Gasteiger partial charge is 0.379 e. The van der Waals surface area contributed by atoms with Crippen molar-refractivity contribution in [2.24, 2.45) is 11.7 Å². The Morgan fingerprint density at radius 2 is 2.50 bits per heavy atom. The topological polar surface area (TPSA) is 119 Å². The zero-order valence-corrected chi connectivity index (χ0v) is 8.88. The summed E-state index contributed by atoms with van der Waals surface area (Å²) in [6.45, 7) is 2.57. The number of nitrogens with two attached hydrogens (primary N) is 1. The molecule has 2 heterocycles. The van der Waals surface area contributed by atoms with Crippen molar-refractivity contribution in [1.29, 1.82) is 0 Å². The third-order valence-corrected chi connectivity index (χ3v) is 2.57. The fraction of sp³-hybridized carbons (Fsp3) is 0.750. The quantitative estimate of drug-likeness (QED) is 0.568. The molecule has 1 aromatic heterocycles. The van der Waals surface area contributed by atoms with Gasteiger partial charge in [0, 0.05) is 6.04 Å². The Labute approximate surface area is 91.9 Å². The Kier molecular flexibility index (Phi) is 3.11. The summed E-state index contributed by atoms with van der Waals surface area (Å²) in [7, 11) is 0. The molecule has 0 aromatic carbocycles. The maximum atomic E-state index is 11.8. The smallest absolute Gasteiger partial charge is 0.227 e. The fourth-order valence-corrected chi connectivity index (χ4v) is 1.58. The second-order valence-corrected chi connectivity index (χ2v) is 3.81. The molecule has 8 nitrogen and oxygen atoms in total. The van der Waals surface area contributed by atoms with E-state index < -0.39 is 0 Å². The van der Waals surface area contributed by atoms with Crippen LogP contribution in [0.3, 0.4) is 0 Å². The van der Waals surface area contributed by atoms with Crippen LogP contribution in [0.15, 0.2) is 0 Å². The monoisotopic (exact) mass is 226 g/mol. The predicted octanol–water partition coefficient (Wildman–Crippen LogP) is -1.65. The van der Waals surface area contributed by atoms with E-state index >= 15 is 0 Å². The number of hydrogen-bond donors (Lipinski definition) is 3. The van der Waals surface area contributed by atoms with Gasteiger partial charge >= 0.3 is 0 Å². The summed E-state index contributed by atoms with van der Waals surface area (Å²) in [5, 5.41) is 16.1. The van der Waals surface area contributed by atoms with E-state index in [4.69, 9.17) is 10.5 Å². The molecule has 1 aliphatic heterocycles. The number of aromatic amines is 1. The van der Waals surface area contributed by atoms with Gasteiger partial charge in [0.1, 0.15) is 0 Å². The molecule has 1 saturated heterocycles. The third-order valence-electron chi connectivity index (χ3n) is 2.57. The van der Waals surface area contributed by atoms with Gasteiger partial charge in [-0.05, 0) is 6.92 Å². The summed E-state index contributed by atoms with van der Waals surface area (Å²) in [5.41, 5.74) is 5.74. The van der Waals surface area contributed by atoms with Crippen LogP contribution in [-0.4, -0.2) is 45.8 Å². The highest BCUT2D eigenvalue weighted by Crippen LogP contribution is 2.13. The van der Waals surface area contributed by atoms with Crippen molar-refractivity contribution in [3.8, 4) is 0 Å². The van der Waals surface area contributed by atoms with Crippen LogP contribution in [0.2, 0.25) is 0 Å². The second kappa shape index (κ2) is 4.54. The van der Waals surface area contributed by atoms with Crippen molar-refractivity contribution in [3.05, 3.63) is 5.82 Å². The van der Waals surface area contributed by atoms with Gasteiger partial charge in [-0.2, -0.15) is 5.21 Å². The first kappa shape index (κ1) is 11.0. The Morgan fingerprint density at radius 1 is 1.69 bits per heavy atom. The van der Waals surface area contributed by atoms with E-state index in [-0.39, 0.29) is 23.9 Å². The van der Waals surface area contributed by atoms with Crippen LogP contribution in [0, 0.1) is 5.92 Å². The molecule has 0 saturated carbocycles. The molecule has 3 atom stereocenters. The number of amides is 1. The molecule has 0 spiro atoms. The minimum atomic E-state index is -0.297. The molecule has 4 N–H and O–H groups in total. The second-order valence-electron chi connectivity index (χ2n) is 3.81. The number of rotatable bonds is 3. The summed E-state index contributed by atoms with van der Waals surface area (Å²) in [6.07, 6.45) is 0. The Balaban J connectivity index is 1.92. The average Bonchev–Trinajstić information content (AvgIpc) is 2.86. The van der Waals surface area contributed by atoms with Crippen LogP contribution >= 0.6 is 0 Å². The zero-order valence-electron chi connectivity index (χ0n) is 8.88. The van der Waals surface area contributed by atoms with Gasteiger partial charge < -0.3 is 15.8 Å². The fourth-order valence-electron chi connectivity index (χ4n) is 1.58. The van der Waals surface area contributed by atoms with E-state index in [9.17, 15) is 4.79 Å². The first-order valence-corrected chi connectivity index (χ1v) is 5.05. The van der Waals surface area contributed by atoms with Gasteiger partial charge in [-0.3, -0.25) is 4.79 Å². The molecule has 3 unspecified atom stereocenters. The minimum Gasteiger partial charge on any atom is -0.379 e. The number of nitrogens with zero attached hydrogens (tertiary/aromatic N) is 3. The molecule has 1 amide bonds. The number of aromatic nitrogens is 4. The Bertz CT molecular complexity index is 353. The zero-order chi connectivity index (χ0) is 11.5. The van der Waals surface area contributed by atoms with Gasteiger partial charge in [0.05, 0.1) is 25.2 Å². The number of ether oxygens (including phenoxy) is 1. The number of tetrazole rings is 1. The summed E-state index contributed by atoms with van der Waals surface area (Å²) in [4.78, 5) is 11.8. The number of nitrogens with one attached hydrogen (secondary N) is 2. The van der Waals surface area contributed by atoms with Crippen LogP contribution in [-0.2, 0) is 9.53 Å². The lowest BCUT2D eigenvalue weighted by atomic mass is 10.0. The van der Waals surface area contributed by atoms with E-state index in [1.807, 2.05) is 0 Å². The lowest BCUT2D eigenvalue weighted by molar-refractivity contribution is -0.125. The molecule has 0 aliphatic carbocycles. The average molecular weight is 226 g/mol. The molecule has 0 radical (unpaired) electrons. The number of carbonyl (C=O) groups excluding carboxylic acids is 1. The number of H-pyrrole nitrogens is 1. The van der Waals surface area contributed by atoms with Crippen molar-refractivity contribution in [3.63, 3.8) is 0 Å². The normalized spacial score (nSPS) is 26.6. The molecule has 1 fully saturated rings. The minimum absolute atomic E-state index is 0.137. The van der Waals surface area contributed by atoms with Crippen LogP contribution in [0.1, 0.15) is 18.8 Å². The van der Waals surface area contributed by atoms with Crippen LogP contribution in [0.4, 0.5) is 0 Å².